The summed E-state index contributed by atoms with van der Waals surface area (Å²) in [7, 11) is 0. The van der Waals surface area contributed by atoms with Crippen molar-refractivity contribution in [2.24, 2.45) is 5.92 Å². The summed E-state index contributed by atoms with van der Waals surface area (Å²) in [6, 6.07) is 9.07. The van der Waals surface area contributed by atoms with Gasteiger partial charge in [-0.25, -0.2) is 0 Å². The van der Waals surface area contributed by atoms with Crippen LogP contribution in [0.4, 0.5) is 0 Å². The van der Waals surface area contributed by atoms with Crippen LogP contribution in [0, 0.1) is 5.92 Å². The first-order valence-corrected chi connectivity index (χ1v) is 14.7. The standard InChI is InChI=1S/C31H42O14/c1-8-23-16(2)25(39-18(4)33)28(30(43-23)42-21(7)36)45-31-29(41-20(6)35)27(38-14-22-12-10-9-11-13-22)26(40-19(5)34)24(44-31)15-37-17(3)32/h9-13,16,23-31H,8,14-15H2,1-7H3/t16-,23+,24-,25+,26-,27+,28+,29+,30+,31-/m1/s1. The molecule has 0 saturated carbocycles. The summed E-state index contributed by atoms with van der Waals surface area (Å²) in [4.78, 5) is 60.7. The number of hydrogen-bond acceptors (Lipinski definition) is 14. The first kappa shape index (κ1) is 35.9. The van der Waals surface area contributed by atoms with Crippen molar-refractivity contribution in [3.63, 3.8) is 0 Å². The van der Waals surface area contributed by atoms with Crippen LogP contribution in [-0.4, -0.2) is 91.8 Å². The average molecular weight is 639 g/mol. The normalized spacial score (nSPS) is 31.3. The van der Waals surface area contributed by atoms with Gasteiger partial charge >= 0.3 is 29.8 Å². The third-order valence-corrected chi connectivity index (χ3v) is 7.21. The second-order valence-corrected chi connectivity index (χ2v) is 10.8. The molecule has 0 radical (unpaired) electrons. The summed E-state index contributed by atoms with van der Waals surface area (Å²) in [5, 5.41) is 0. The molecule has 2 aliphatic rings. The van der Waals surface area contributed by atoms with Crippen LogP contribution >= 0.6 is 0 Å². The van der Waals surface area contributed by atoms with Crippen LogP contribution in [0.2, 0.25) is 0 Å². The summed E-state index contributed by atoms with van der Waals surface area (Å²) in [5.74, 6) is -3.80. The van der Waals surface area contributed by atoms with Crippen molar-refractivity contribution in [1.82, 2.24) is 0 Å². The van der Waals surface area contributed by atoms with Gasteiger partial charge in [0.1, 0.15) is 24.9 Å². The Bertz CT molecular complexity index is 1170. The van der Waals surface area contributed by atoms with E-state index in [2.05, 4.69) is 0 Å². The zero-order valence-electron chi connectivity index (χ0n) is 26.5. The monoisotopic (exact) mass is 638 g/mol. The Hall–Kier alpha value is -3.59. The molecule has 1 aromatic rings. The lowest BCUT2D eigenvalue weighted by atomic mass is 9.88. The Labute approximate surface area is 261 Å². The Morgan fingerprint density at radius 2 is 1.20 bits per heavy atom. The van der Waals surface area contributed by atoms with E-state index in [1.54, 1.807) is 6.92 Å². The van der Waals surface area contributed by atoms with Gasteiger partial charge in [-0.15, -0.1) is 0 Å². The third-order valence-electron chi connectivity index (χ3n) is 7.21. The summed E-state index contributed by atoms with van der Waals surface area (Å²) >= 11 is 0. The fraction of sp³-hybridized carbons (Fsp3) is 0.645. The molecule has 0 unspecified atom stereocenters. The van der Waals surface area contributed by atoms with Gasteiger partial charge in [-0.3, -0.25) is 24.0 Å². The Morgan fingerprint density at radius 1 is 0.644 bits per heavy atom. The molecule has 10 atom stereocenters. The van der Waals surface area contributed by atoms with Gasteiger partial charge in [-0.2, -0.15) is 0 Å². The maximum Gasteiger partial charge on any atom is 0.305 e. The Balaban J connectivity index is 2.08. The molecule has 250 valence electrons. The SMILES string of the molecule is CC[C@@H]1O[C@H](OC(C)=O)[C@@H](O[C@H]2O[C@H](COC(C)=O)[C@@H](OC(C)=O)[C@H](OCc3ccccc3)[C@@H]2OC(C)=O)[C@@H](OC(C)=O)[C@@H]1C. The number of carbonyl (C=O) groups is 5. The van der Waals surface area contributed by atoms with E-state index in [-0.39, 0.29) is 13.2 Å². The topological polar surface area (TPSA) is 168 Å². The van der Waals surface area contributed by atoms with Gasteiger partial charge in [0, 0.05) is 40.5 Å². The summed E-state index contributed by atoms with van der Waals surface area (Å²) in [6.45, 7) is 9.22. The van der Waals surface area contributed by atoms with E-state index in [0.717, 1.165) is 12.5 Å². The van der Waals surface area contributed by atoms with Crippen molar-refractivity contribution < 1.29 is 66.6 Å². The fourth-order valence-electron chi connectivity index (χ4n) is 5.36. The smallest absolute Gasteiger partial charge is 0.305 e. The van der Waals surface area contributed by atoms with Crippen LogP contribution in [0.1, 0.15) is 60.5 Å². The van der Waals surface area contributed by atoms with E-state index in [1.165, 1.54) is 27.7 Å². The molecule has 0 aromatic heterocycles. The number of carbonyl (C=O) groups excluding carboxylic acids is 5. The van der Waals surface area contributed by atoms with Crippen LogP contribution in [-0.2, 0) is 73.2 Å². The molecule has 2 saturated heterocycles. The predicted octanol–water partition coefficient (Wildman–Crippen LogP) is 2.37. The molecule has 14 heteroatoms. The first-order valence-electron chi connectivity index (χ1n) is 14.7. The van der Waals surface area contributed by atoms with E-state index in [9.17, 15) is 24.0 Å². The lowest BCUT2D eigenvalue weighted by Gasteiger charge is -2.48. The minimum Gasteiger partial charge on any atom is -0.463 e. The molecule has 0 spiro atoms. The van der Waals surface area contributed by atoms with Gasteiger partial charge < -0.3 is 42.6 Å². The molecule has 14 nitrogen and oxygen atoms in total. The van der Waals surface area contributed by atoms with Gasteiger partial charge in [0.2, 0.25) is 6.29 Å². The van der Waals surface area contributed by atoms with Gasteiger partial charge in [0.15, 0.2) is 24.6 Å². The van der Waals surface area contributed by atoms with Gasteiger partial charge in [-0.1, -0.05) is 44.2 Å². The van der Waals surface area contributed by atoms with Crippen molar-refractivity contribution >= 4 is 29.8 Å². The van der Waals surface area contributed by atoms with Crippen molar-refractivity contribution in [3.8, 4) is 0 Å². The predicted molar refractivity (Wildman–Crippen MR) is 152 cm³/mol. The zero-order chi connectivity index (χ0) is 33.3. The fourth-order valence-corrected chi connectivity index (χ4v) is 5.36. The van der Waals surface area contributed by atoms with Crippen molar-refractivity contribution in [1.29, 1.82) is 0 Å². The van der Waals surface area contributed by atoms with Gasteiger partial charge in [-0.05, 0) is 12.0 Å². The molecular weight excluding hydrogens is 596 g/mol. The van der Waals surface area contributed by atoms with E-state index in [1.807, 2.05) is 37.3 Å². The van der Waals surface area contributed by atoms with Crippen LogP contribution in [0.3, 0.4) is 0 Å². The average Bonchev–Trinajstić information content (AvgIpc) is 2.95. The zero-order valence-corrected chi connectivity index (χ0v) is 26.5. The number of ether oxygens (including phenoxy) is 9. The molecule has 0 bridgehead atoms. The largest absolute Gasteiger partial charge is 0.463 e. The lowest BCUT2D eigenvalue weighted by Crippen LogP contribution is -2.65. The Morgan fingerprint density at radius 3 is 1.76 bits per heavy atom. The van der Waals surface area contributed by atoms with Crippen molar-refractivity contribution in [2.45, 2.75) is 117 Å². The second-order valence-electron chi connectivity index (χ2n) is 10.8. The molecule has 0 amide bonds. The molecule has 3 rings (SSSR count). The maximum absolute atomic E-state index is 12.4. The highest BCUT2D eigenvalue weighted by Gasteiger charge is 2.55. The van der Waals surface area contributed by atoms with E-state index in [4.69, 9.17) is 42.6 Å². The molecule has 0 N–H and O–H groups in total. The molecule has 45 heavy (non-hydrogen) atoms. The van der Waals surface area contributed by atoms with E-state index >= 15 is 0 Å². The van der Waals surface area contributed by atoms with Crippen molar-refractivity contribution in [2.75, 3.05) is 6.61 Å². The lowest BCUT2D eigenvalue weighted by molar-refractivity contribution is -0.361. The van der Waals surface area contributed by atoms with Crippen LogP contribution < -0.4 is 0 Å². The second kappa shape index (κ2) is 16.6. The number of rotatable bonds is 12. The van der Waals surface area contributed by atoms with Gasteiger partial charge in [0.25, 0.3) is 0 Å². The van der Waals surface area contributed by atoms with Crippen LogP contribution in [0.25, 0.3) is 0 Å². The molecule has 1 aromatic carbocycles. The molecular formula is C31H42O14. The van der Waals surface area contributed by atoms with Gasteiger partial charge in [0.05, 0.1) is 12.7 Å². The number of hydrogen-bond donors (Lipinski definition) is 0. The highest BCUT2D eigenvalue weighted by atomic mass is 16.8. The number of esters is 5. The molecule has 2 heterocycles. The van der Waals surface area contributed by atoms with Crippen LogP contribution in [0.15, 0.2) is 30.3 Å². The Kier molecular flexibility index (Phi) is 13.3. The maximum atomic E-state index is 12.4. The molecule has 2 fully saturated rings. The quantitative estimate of drug-likeness (QED) is 0.242. The minimum atomic E-state index is -1.50. The highest BCUT2D eigenvalue weighted by Crippen LogP contribution is 2.37. The third kappa shape index (κ3) is 10.2. The summed E-state index contributed by atoms with van der Waals surface area (Å²) < 4.78 is 52.4. The summed E-state index contributed by atoms with van der Waals surface area (Å²) in [6.07, 6.45) is -10.1. The summed E-state index contributed by atoms with van der Waals surface area (Å²) in [5.41, 5.74) is 0.756. The van der Waals surface area contributed by atoms with Crippen molar-refractivity contribution in [3.05, 3.63) is 35.9 Å². The number of benzene rings is 1. The van der Waals surface area contributed by atoms with E-state index < -0.39 is 91.1 Å². The van der Waals surface area contributed by atoms with Crippen LogP contribution in [0.5, 0.6) is 0 Å². The first-order chi connectivity index (χ1) is 21.3. The van der Waals surface area contributed by atoms with E-state index in [0.29, 0.717) is 6.42 Å². The highest BCUT2D eigenvalue weighted by molar-refractivity contribution is 5.68. The molecule has 0 aliphatic carbocycles. The molecule has 2 aliphatic heterocycles. The minimum absolute atomic E-state index is 0.00193.